The molecule has 0 bridgehead atoms. The lowest BCUT2D eigenvalue weighted by Gasteiger charge is -2.23. The number of anilines is 1. The minimum atomic E-state index is 0.129. The molecule has 0 spiro atoms. The van der Waals surface area contributed by atoms with E-state index in [1.807, 2.05) is 26.0 Å². The Morgan fingerprint density at radius 1 is 1.45 bits per heavy atom. The van der Waals surface area contributed by atoms with E-state index in [1.165, 1.54) is 5.56 Å². The molecule has 0 saturated heterocycles. The fourth-order valence-electron chi connectivity index (χ4n) is 2.22. The van der Waals surface area contributed by atoms with Crippen LogP contribution in [0.15, 0.2) is 23.6 Å². The molecule has 0 amide bonds. The number of nitrogens with zero attached hydrogens (tertiary/aromatic N) is 2. The van der Waals surface area contributed by atoms with E-state index < -0.39 is 0 Å². The monoisotopic (exact) mass is 309 g/mol. The predicted octanol–water partition coefficient (Wildman–Crippen LogP) is 3.63. The van der Waals surface area contributed by atoms with Gasteiger partial charge >= 0.3 is 0 Å². The summed E-state index contributed by atoms with van der Waals surface area (Å²) in [5, 5.41) is 3.94. The van der Waals surface area contributed by atoms with E-state index >= 15 is 0 Å². The number of aryl methyl sites for hydroxylation is 1. The summed E-state index contributed by atoms with van der Waals surface area (Å²) in [6.07, 6.45) is 0.840. The minimum Gasteiger partial charge on any atom is -0.368 e. The molecule has 0 saturated carbocycles. The summed E-state index contributed by atoms with van der Waals surface area (Å²) in [6.45, 7) is 4.81. The quantitative estimate of drug-likeness (QED) is 0.917. The third kappa shape index (κ3) is 3.95. The molecule has 5 heteroatoms. The fourth-order valence-corrected chi connectivity index (χ4v) is 2.99. The number of hydrogen-bond donors (Lipinski definition) is 1. The van der Waals surface area contributed by atoms with Crippen molar-refractivity contribution in [1.29, 1.82) is 0 Å². The van der Waals surface area contributed by atoms with Crippen molar-refractivity contribution in [2.45, 2.75) is 32.9 Å². The number of halogens is 1. The lowest BCUT2D eigenvalue weighted by atomic mass is 10.0. The molecule has 20 heavy (non-hydrogen) atoms. The van der Waals surface area contributed by atoms with Gasteiger partial charge in [-0.1, -0.05) is 17.7 Å². The van der Waals surface area contributed by atoms with Crippen molar-refractivity contribution < 1.29 is 0 Å². The molecule has 0 fully saturated rings. The molecule has 1 heterocycles. The molecule has 1 aromatic carbocycles. The van der Waals surface area contributed by atoms with E-state index in [9.17, 15) is 0 Å². The molecule has 2 rings (SSSR count). The second kappa shape index (κ2) is 6.57. The zero-order valence-corrected chi connectivity index (χ0v) is 13.6. The van der Waals surface area contributed by atoms with Gasteiger partial charge < -0.3 is 10.6 Å². The molecule has 1 aromatic heterocycles. The van der Waals surface area contributed by atoms with Gasteiger partial charge in [-0.3, -0.25) is 0 Å². The molecule has 0 aliphatic heterocycles. The third-order valence-corrected chi connectivity index (χ3v) is 4.12. The van der Waals surface area contributed by atoms with Gasteiger partial charge in [0.1, 0.15) is 0 Å². The molecule has 2 aromatic rings. The Balaban J connectivity index is 2.23. The van der Waals surface area contributed by atoms with Crippen LogP contribution in [-0.4, -0.2) is 18.1 Å². The van der Waals surface area contributed by atoms with Crippen LogP contribution in [0.4, 0.5) is 5.69 Å². The Morgan fingerprint density at radius 2 is 2.20 bits per heavy atom. The third-order valence-electron chi connectivity index (χ3n) is 3.07. The Bertz CT molecular complexity index is 580. The first kappa shape index (κ1) is 15.3. The highest BCUT2D eigenvalue weighted by Crippen LogP contribution is 2.26. The first-order chi connectivity index (χ1) is 9.45. The Kier molecular flexibility index (Phi) is 5.02. The zero-order chi connectivity index (χ0) is 14.7. The second-order valence-corrected chi connectivity index (χ2v) is 6.67. The number of thiazole rings is 1. The Hall–Kier alpha value is -1.10. The predicted molar refractivity (Wildman–Crippen MR) is 87.8 cm³/mol. The summed E-state index contributed by atoms with van der Waals surface area (Å²) in [5.74, 6) is 0. The SMILES string of the molecule is Cc1nc(CN(C)c2cc(Cl)ccc2CC(C)N)cs1. The Morgan fingerprint density at radius 3 is 2.80 bits per heavy atom. The molecule has 0 radical (unpaired) electrons. The summed E-state index contributed by atoms with van der Waals surface area (Å²) in [7, 11) is 2.06. The minimum absolute atomic E-state index is 0.129. The number of aromatic nitrogens is 1. The maximum Gasteiger partial charge on any atom is 0.0898 e. The average Bonchev–Trinajstić information content (AvgIpc) is 2.76. The highest BCUT2D eigenvalue weighted by Gasteiger charge is 2.11. The number of hydrogen-bond acceptors (Lipinski definition) is 4. The standard InChI is InChI=1S/C15H20ClN3S/c1-10(17)6-12-4-5-13(16)7-15(12)19(3)8-14-9-20-11(2)18-14/h4-5,7,9-10H,6,8,17H2,1-3H3. The molecule has 3 nitrogen and oxygen atoms in total. The van der Waals surface area contributed by atoms with Gasteiger partial charge in [-0.25, -0.2) is 4.98 Å². The maximum atomic E-state index is 6.13. The van der Waals surface area contributed by atoms with Crippen LogP contribution in [-0.2, 0) is 13.0 Å². The first-order valence-corrected chi connectivity index (χ1v) is 7.87. The van der Waals surface area contributed by atoms with E-state index in [0.717, 1.165) is 34.4 Å². The van der Waals surface area contributed by atoms with Crippen molar-refractivity contribution in [2.75, 3.05) is 11.9 Å². The van der Waals surface area contributed by atoms with Gasteiger partial charge in [-0.05, 0) is 38.0 Å². The smallest absolute Gasteiger partial charge is 0.0898 e. The molecule has 0 aliphatic carbocycles. The van der Waals surface area contributed by atoms with Crippen LogP contribution in [0, 0.1) is 6.92 Å². The molecular formula is C15H20ClN3S. The number of benzene rings is 1. The lowest BCUT2D eigenvalue weighted by molar-refractivity contribution is 0.733. The van der Waals surface area contributed by atoms with Crippen LogP contribution in [0.1, 0.15) is 23.2 Å². The van der Waals surface area contributed by atoms with E-state index in [-0.39, 0.29) is 6.04 Å². The second-order valence-electron chi connectivity index (χ2n) is 5.17. The summed E-state index contributed by atoms with van der Waals surface area (Å²) in [5.41, 5.74) is 9.36. The van der Waals surface area contributed by atoms with Crippen molar-refractivity contribution in [3.63, 3.8) is 0 Å². The molecule has 2 N–H and O–H groups in total. The van der Waals surface area contributed by atoms with Crippen molar-refractivity contribution in [3.8, 4) is 0 Å². The fraction of sp³-hybridized carbons (Fsp3) is 0.400. The molecular weight excluding hydrogens is 290 g/mol. The van der Waals surface area contributed by atoms with Gasteiger partial charge in [0.15, 0.2) is 0 Å². The topological polar surface area (TPSA) is 42.2 Å². The zero-order valence-electron chi connectivity index (χ0n) is 12.1. The molecule has 0 aliphatic rings. The van der Waals surface area contributed by atoms with Crippen molar-refractivity contribution >= 4 is 28.6 Å². The van der Waals surface area contributed by atoms with Crippen molar-refractivity contribution in [1.82, 2.24) is 4.98 Å². The van der Waals surface area contributed by atoms with E-state index in [2.05, 4.69) is 28.4 Å². The summed E-state index contributed by atoms with van der Waals surface area (Å²) >= 11 is 7.81. The van der Waals surface area contributed by atoms with Gasteiger partial charge in [-0.15, -0.1) is 11.3 Å². The summed E-state index contributed by atoms with van der Waals surface area (Å²) < 4.78 is 0. The van der Waals surface area contributed by atoms with E-state index in [1.54, 1.807) is 11.3 Å². The highest BCUT2D eigenvalue weighted by molar-refractivity contribution is 7.09. The van der Waals surface area contributed by atoms with E-state index in [4.69, 9.17) is 17.3 Å². The molecule has 1 unspecified atom stereocenters. The van der Waals surface area contributed by atoms with Crippen LogP contribution in [0.5, 0.6) is 0 Å². The van der Waals surface area contributed by atoms with Crippen molar-refractivity contribution in [3.05, 3.63) is 44.9 Å². The maximum absolute atomic E-state index is 6.13. The van der Waals surface area contributed by atoms with Gasteiger partial charge in [-0.2, -0.15) is 0 Å². The average molecular weight is 310 g/mol. The highest BCUT2D eigenvalue weighted by atomic mass is 35.5. The van der Waals surface area contributed by atoms with Crippen LogP contribution < -0.4 is 10.6 Å². The van der Waals surface area contributed by atoms with Crippen LogP contribution >= 0.6 is 22.9 Å². The van der Waals surface area contributed by atoms with Crippen LogP contribution in [0.25, 0.3) is 0 Å². The van der Waals surface area contributed by atoms with Gasteiger partial charge in [0.2, 0.25) is 0 Å². The van der Waals surface area contributed by atoms with Gasteiger partial charge in [0.25, 0.3) is 0 Å². The van der Waals surface area contributed by atoms with Gasteiger partial charge in [0.05, 0.1) is 17.2 Å². The van der Waals surface area contributed by atoms with Gasteiger partial charge in [0, 0.05) is 29.2 Å². The van der Waals surface area contributed by atoms with Crippen LogP contribution in [0.2, 0.25) is 5.02 Å². The largest absolute Gasteiger partial charge is 0.368 e. The van der Waals surface area contributed by atoms with Crippen molar-refractivity contribution in [2.24, 2.45) is 5.73 Å². The number of nitrogens with two attached hydrogens (primary N) is 1. The number of rotatable bonds is 5. The lowest BCUT2D eigenvalue weighted by Crippen LogP contribution is -2.22. The molecule has 1 atom stereocenters. The first-order valence-electron chi connectivity index (χ1n) is 6.62. The Labute approximate surface area is 129 Å². The van der Waals surface area contributed by atoms with E-state index in [0.29, 0.717) is 0 Å². The van der Waals surface area contributed by atoms with Crippen LogP contribution in [0.3, 0.4) is 0 Å². The summed E-state index contributed by atoms with van der Waals surface area (Å²) in [4.78, 5) is 6.69. The summed E-state index contributed by atoms with van der Waals surface area (Å²) in [6, 6.07) is 6.11. The molecule has 108 valence electrons. The normalized spacial score (nSPS) is 12.4.